The Kier molecular flexibility index (Phi) is 209. The van der Waals surface area contributed by atoms with Crippen molar-refractivity contribution in [2.24, 2.45) is 0 Å². The molecule has 0 saturated heterocycles. The minimum absolute atomic E-state index is 0. The Labute approximate surface area is 84.2 Å². The van der Waals surface area contributed by atoms with E-state index >= 15 is 0 Å². The number of rotatable bonds is 0. The predicted molar refractivity (Wildman–Crippen MR) is 44.4 cm³/mol. The van der Waals surface area contributed by atoms with Gasteiger partial charge in [0.05, 0.1) is 0 Å². The topological polar surface area (TPSA) is 264 Å². The zero-order valence-electron chi connectivity index (χ0n) is 5.12. The van der Waals surface area contributed by atoms with Gasteiger partial charge in [0.15, 0.2) is 0 Å². The summed E-state index contributed by atoms with van der Waals surface area (Å²) in [5.41, 5.74) is 0. The molecule has 0 bridgehead atoms. The lowest BCUT2D eigenvalue weighted by atomic mass is 15.8. The average molecular weight is 232 g/mol. The lowest BCUT2D eigenvalue weighted by Crippen LogP contribution is -1.89. The maximum absolute atomic E-state index is 8.74. The molecule has 14 N–H and O–H groups in total. The molecule has 0 aromatic heterocycles. The van der Waals surface area contributed by atoms with Crippen molar-refractivity contribution in [3.8, 4) is 0 Å². The highest BCUT2D eigenvalue weighted by Crippen LogP contribution is 1.59. The molecule has 0 amide bonds. The van der Waals surface area contributed by atoms with Crippen LogP contribution in [0.25, 0.3) is 0 Å². The minimum Gasteiger partial charge on any atom is -0.412 e. The smallest absolute Gasteiger partial charge is 0.394 e. The first-order valence-electron chi connectivity index (χ1n) is 0.698. The fourth-order valence-corrected chi connectivity index (χ4v) is 0. The molecule has 0 fully saturated rings. The zero-order valence-corrected chi connectivity index (χ0v) is 5.94. The van der Waals surface area contributed by atoms with Gasteiger partial charge in [0.2, 0.25) is 0 Å². The molecule has 0 rings (SSSR count). The Morgan fingerprint density at radius 3 is 0.667 bits per heavy atom. The van der Waals surface area contributed by atoms with E-state index in [1.807, 2.05) is 0 Å². The van der Waals surface area contributed by atoms with Gasteiger partial charge in [0, 0.05) is 0 Å². The van der Waals surface area contributed by atoms with Gasteiger partial charge < -0.3 is 32.9 Å². The van der Waals surface area contributed by atoms with Crippen molar-refractivity contribution in [1.29, 1.82) is 0 Å². The van der Waals surface area contributed by atoms with E-state index in [-0.39, 0.29) is 55.9 Å². The summed E-state index contributed by atoms with van der Waals surface area (Å²) in [6, 6.07) is 0. The van der Waals surface area contributed by atoms with Crippen LogP contribution in [-0.2, 0) is 10.4 Å². The second-order valence-electron chi connectivity index (χ2n) is 0.448. The lowest BCUT2D eigenvalue weighted by Gasteiger charge is -1.68. The fraction of sp³-hybridized carbons (Fsp3) is 0. The quantitative estimate of drug-likeness (QED) is 0.304. The molecule has 0 aliphatic rings. The van der Waals surface area contributed by atoms with Crippen molar-refractivity contribution in [1.82, 2.24) is 0 Å². The van der Waals surface area contributed by atoms with Crippen molar-refractivity contribution in [2.45, 2.75) is 0 Å². The largest absolute Gasteiger partial charge is 0.412 e. The normalized spacial score (nSPS) is 4.83. The van der Waals surface area contributed by atoms with Crippen LogP contribution in [0.2, 0.25) is 0 Å². The Bertz CT molecular complexity index is 93.0. The van der Waals surface area contributed by atoms with Crippen LogP contribution in [0.1, 0.15) is 0 Å². The summed E-state index contributed by atoms with van der Waals surface area (Å²) in [6.07, 6.45) is 0. The van der Waals surface area contributed by atoms with Gasteiger partial charge in [-0.15, -0.1) is 0 Å². The minimum atomic E-state index is -4.67. The van der Waals surface area contributed by atoms with Gasteiger partial charge in [-0.3, -0.25) is 9.11 Å². The molecule has 0 aromatic rings. The number of hydrogen-bond acceptors (Lipinski definition) is 2. The highest BCUT2D eigenvalue weighted by atomic mass is 32.3. The number of hydrogen-bond donors (Lipinski definition) is 2. The summed E-state index contributed by atoms with van der Waals surface area (Å²) in [4.78, 5) is 0. The van der Waals surface area contributed by atoms with Crippen molar-refractivity contribution in [2.75, 3.05) is 0 Å². The van der Waals surface area contributed by atoms with E-state index in [4.69, 9.17) is 17.5 Å². The molecular formula is H16MgO10S. The van der Waals surface area contributed by atoms with E-state index in [0.29, 0.717) is 0 Å². The van der Waals surface area contributed by atoms with E-state index in [1.165, 1.54) is 0 Å². The summed E-state index contributed by atoms with van der Waals surface area (Å²) in [6.45, 7) is 0. The maximum Gasteiger partial charge on any atom is 0.394 e. The molecule has 0 aliphatic carbocycles. The maximum atomic E-state index is 8.74. The van der Waals surface area contributed by atoms with E-state index < -0.39 is 10.4 Å². The van der Waals surface area contributed by atoms with Crippen molar-refractivity contribution < 1.29 is 50.4 Å². The molecular weight excluding hydrogens is 216 g/mol. The molecule has 12 heteroatoms. The van der Waals surface area contributed by atoms with E-state index in [1.54, 1.807) is 0 Å². The monoisotopic (exact) mass is 232 g/mol. The zero-order chi connectivity index (χ0) is 4.50. The molecule has 0 atom stereocenters. The van der Waals surface area contributed by atoms with Gasteiger partial charge in [-0.25, -0.2) is 0 Å². The molecule has 84 valence electrons. The third kappa shape index (κ3) is 5850. The molecule has 0 spiro atoms. The summed E-state index contributed by atoms with van der Waals surface area (Å²) >= 11 is 0. The van der Waals surface area contributed by atoms with Gasteiger partial charge in [-0.1, -0.05) is 0 Å². The van der Waals surface area contributed by atoms with Crippen LogP contribution in [0, 0.1) is 0 Å². The highest BCUT2D eigenvalue weighted by Gasteiger charge is 1.84. The van der Waals surface area contributed by atoms with Gasteiger partial charge >= 0.3 is 33.5 Å². The van der Waals surface area contributed by atoms with Crippen molar-refractivity contribution in [3.63, 3.8) is 0 Å². The Morgan fingerprint density at radius 2 is 0.667 bits per heavy atom. The van der Waals surface area contributed by atoms with Crippen LogP contribution in [0.3, 0.4) is 0 Å². The van der Waals surface area contributed by atoms with Crippen LogP contribution >= 0.6 is 0 Å². The molecule has 12 heavy (non-hydrogen) atoms. The van der Waals surface area contributed by atoms with Crippen LogP contribution < -0.4 is 0 Å². The van der Waals surface area contributed by atoms with Gasteiger partial charge in [-0.05, 0) is 0 Å². The first-order chi connectivity index (χ1) is 2.00. The molecule has 10 nitrogen and oxygen atoms in total. The second kappa shape index (κ2) is 30.1. The fourth-order valence-electron chi connectivity index (χ4n) is 0. The first-order valence-corrected chi connectivity index (χ1v) is 2.10. The summed E-state index contributed by atoms with van der Waals surface area (Å²) in [7, 11) is -4.67. The van der Waals surface area contributed by atoms with Crippen LogP contribution in [-0.4, -0.2) is 73.4 Å². The predicted octanol–water partition coefficient (Wildman–Crippen LogP) is -6.52. The Balaban J connectivity index is -0.00000000381. The summed E-state index contributed by atoms with van der Waals surface area (Å²) in [5, 5.41) is 0. The third-order valence-corrected chi connectivity index (χ3v) is 0. The Morgan fingerprint density at radius 1 is 0.667 bits per heavy atom. The molecule has 0 aliphatic heterocycles. The molecule has 0 heterocycles. The molecule has 0 unspecified atom stereocenters. The van der Waals surface area contributed by atoms with E-state index in [9.17, 15) is 0 Å². The van der Waals surface area contributed by atoms with Crippen LogP contribution in [0.5, 0.6) is 0 Å². The van der Waals surface area contributed by atoms with Gasteiger partial charge in [0.25, 0.3) is 0 Å². The summed E-state index contributed by atoms with van der Waals surface area (Å²) < 4.78 is 31.6. The van der Waals surface area contributed by atoms with E-state index in [2.05, 4.69) is 0 Å². The Hall–Kier alpha value is 0.396. The first kappa shape index (κ1) is 83.3. The standard InChI is InChI=1S/Mg.H2O4S.6H2O.2H/c;1-5(2,3)4;;;;;;;;/h;(H2,1,2,3,4);6*1H2;;. The lowest BCUT2D eigenvalue weighted by molar-refractivity contribution is 0.381. The molecule has 0 aromatic carbocycles. The second-order valence-corrected chi connectivity index (χ2v) is 1.34. The van der Waals surface area contributed by atoms with Gasteiger partial charge in [-0.2, -0.15) is 8.42 Å². The molecule has 0 saturated carbocycles. The molecule has 0 radical (unpaired) electrons. The highest BCUT2D eigenvalue weighted by molar-refractivity contribution is 7.79. The van der Waals surface area contributed by atoms with Crippen LogP contribution in [0.15, 0.2) is 0 Å². The average Bonchev–Trinajstić information content (AvgIpc) is 0.722. The van der Waals surface area contributed by atoms with Crippen LogP contribution in [0.4, 0.5) is 0 Å². The van der Waals surface area contributed by atoms with Crippen molar-refractivity contribution in [3.05, 3.63) is 0 Å². The summed E-state index contributed by atoms with van der Waals surface area (Å²) in [5.74, 6) is 0. The SMILES string of the molecule is O.O.O.O.O.O.O=S(=O)(O)O.[MgH2]. The van der Waals surface area contributed by atoms with Gasteiger partial charge in [0.1, 0.15) is 0 Å². The third-order valence-electron chi connectivity index (χ3n) is 0. The van der Waals surface area contributed by atoms with E-state index in [0.717, 1.165) is 0 Å². The van der Waals surface area contributed by atoms with Crippen molar-refractivity contribution >= 4 is 33.5 Å².